The molecule has 2 heterocycles. The smallest absolute Gasteiger partial charge is 0.258 e. The van der Waals surface area contributed by atoms with Crippen LogP contribution in [0.2, 0.25) is 0 Å². The van der Waals surface area contributed by atoms with E-state index in [9.17, 15) is 9.59 Å². The lowest BCUT2D eigenvalue weighted by Gasteiger charge is -2.23. The first kappa shape index (κ1) is 24.3. The zero-order chi connectivity index (χ0) is 27.1. The minimum absolute atomic E-state index is 0.0425. The minimum Gasteiger partial charge on any atom is -0.368 e. The van der Waals surface area contributed by atoms with E-state index in [0.717, 1.165) is 34.6 Å². The third kappa shape index (κ3) is 4.56. The van der Waals surface area contributed by atoms with E-state index in [1.165, 1.54) is 12.8 Å². The summed E-state index contributed by atoms with van der Waals surface area (Å²) in [6, 6.07) is 33.0. The van der Waals surface area contributed by atoms with Gasteiger partial charge in [-0.25, -0.2) is 0 Å². The molecule has 0 saturated heterocycles. The number of benzene rings is 4. The zero-order valence-corrected chi connectivity index (χ0v) is 22.1. The van der Waals surface area contributed by atoms with E-state index in [2.05, 4.69) is 16.7 Å². The summed E-state index contributed by atoms with van der Waals surface area (Å²) in [5, 5.41) is 6.66. The molecule has 1 aliphatic carbocycles. The van der Waals surface area contributed by atoms with Crippen LogP contribution < -0.4 is 15.5 Å². The maximum Gasteiger partial charge on any atom is 0.258 e. The number of rotatable bonds is 5. The summed E-state index contributed by atoms with van der Waals surface area (Å²) >= 11 is 0. The van der Waals surface area contributed by atoms with E-state index in [0.29, 0.717) is 29.3 Å². The molecule has 1 saturated carbocycles. The highest BCUT2D eigenvalue weighted by Gasteiger charge is 2.40. The van der Waals surface area contributed by atoms with E-state index in [1.54, 1.807) is 24.3 Å². The fourth-order valence-corrected chi connectivity index (χ4v) is 5.83. The minimum atomic E-state index is -0.190. The van der Waals surface area contributed by atoms with Gasteiger partial charge in [-0.15, -0.1) is 0 Å². The van der Waals surface area contributed by atoms with Gasteiger partial charge >= 0.3 is 0 Å². The van der Waals surface area contributed by atoms with Crippen molar-refractivity contribution < 1.29 is 9.59 Å². The molecule has 4 aromatic rings. The molecule has 6 nitrogen and oxygen atoms in total. The molecule has 0 spiro atoms. The third-order valence-corrected chi connectivity index (χ3v) is 8.06. The van der Waals surface area contributed by atoms with Gasteiger partial charge in [-0.1, -0.05) is 66.7 Å². The van der Waals surface area contributed by atoms with Crippen LogP contribution in [-0.4, -0.2) is 30.2 Å². The van der Waals surface area contributed by atoms with Gasteiger partial charge in [0.15, 0.2) is 0 Å². The quantitative estimate of drug-likeness (QED) is 0.313. The maximum atomic E-state index is 13.8. The molecular formula is C34H30N4O2. The zero-order valence-electron chi connectivity index (χ0n) is 22.1. The maximum absolute atomic E-state index is 13.8. The molecule has 0 aromatic heterocycles. The number of carbonyl (C=O) groups excluding carboxylic acids is 2. The third-order valence-electron chi connectivity index (χ3n) is 8.06. The van der Waals surface area contributed by atoms with E-state index in [1.807, 2.05) is 77.7 Å². The van der Waals surface area contributed by atoms with Crippen LogP contribution in [0, 0.1) is 5.92 Å². The Morgan fingerprint density at radius 1 is 0.800 bits per heavy atom. The van der Waals surface area contributed by atoms with Crippen molar-refractivity contribution in [2.75, 3.05) is 16.8 Å². The number of amides is 2. The van der Waals surface area contributed by atoms with Crippen LogP contribution in [0.4, 0.5) is 11.4 Å². The van der Waals surface area contributed by atoms with Crippen molar-refractivity contribution in [3.8, 4) is 11.1 Å². The molecular weight excluding hydrogens is 496 g/mol. The van der Waals surface area contributed by atoms with Gasteiger partial charge in [0.2, 0.25) is 0 Å². The number of aliphatic imine (C=N–C) groups is 1. The lowest BCUT2D eigenvalue weighted by Crippen LogP contribution is -2.36. The van der Waals surface area contributed by atoms with E-state index in [-0.39, 0.29) is 23.9 Å². The largest absolute Gasteiger partial charge is 0.368 e. The second kappa shape index (κ2) is 10.1. The molecule has 0 radical (unpaired) electrons. The standard InChI is InChI=1S/C34H30N4O2/c39-33(27-11-5-4-10-26(27)22-8-2-1-3-9-22)35-25-18-16-24(17-19-25)34(40)38-21-20-29-31(28-12-6-7-13-30(28)38)37-32(36-29)23-14-15-23/h1-13,16-19,23,29,31H,14-15,20-21H2,(H,35,39)(H,36,37). The first-order valence-electron chi connectivity index (χ1n) is 14.0. The number of para-hydroxylation sites is 1. The van der Waals surface area contributed by atoms with Gasteiger partial charge in [-0.3, -0.25) is 14.6 Å². The average molecular weight is 527 g/mol. The molecule has 2 atom stereocenters. The van der Waals surface area contributed by atoms with E-state index in [4.69, 9.17) is 4.99 Å². The normalized spacial score (nSPS) is 19.5. The Balaban J connectivity index is 1.10. The monoisotopic (exact) mass is 526 g/mol. The number of carbonyl (C=O) groups is 2. The fraction of sp³-hybridized carbons (Fsp3) is 0.206. The molecule has 0 bridgehead atoms. The molecule has 4 aromatic carbocycles. The van der Waals surface area contributed by atoms with Gasteiger partial charge in [0.1, 0.15) is 5.84 Å². The van der Waals surface area contributed by atoms with Crippen LogP contribution in [0.25, 0.3) is 11.1 Å². The number of fused-ring (bicyclic) bond motifs is 3. The predicted molar refractivity (Wildman–Crippen MR) is 159 cm³/mol. The van der Waals surface area contributed by atoms with Crippen LogP contribution in [0.1, 0.15) is 51.6 Å². The SMILES string of the molecule is O=C(Nc1ccc(C(=O)N2CCC3NC(C4CC4)=NC3c3ccccc32)cc1)c1ccccc1-c1ccccc1. The highest BCUT2D eigenvalue weighted by molar-refractivity contribution is 6.10. The van der Waals surface area contributed by atoms with Crippen LogP contribution in [0.15, 0.2) is 108 Å². The van der Waals surface area contributed by atoms with Gasteiger partial charge in [-0.2, -0.15) is 0 Å². The number of hydrogen-bond donors (Lipinski definition) is 2. The van der Waals surface area contributed by atoms with Gasteiger partial charge < -0.3 is 15.5 Å². The Kier molecular flexibility index (Phi) is 6.16. The van der Waals surface area contributed by atoms with E-state index < -0.39 is 0 Å². The van der Waals surface area contributed by atoms with Crippen LogP contribution in [0.5, 0.6) is 0 Å². The first-order valence-corrected chi connectivity index (χ1v) is 14.0. The van der Waals surface area contributed by atoms with Crippen molar-refractivity contribution in [1.82, 2.24) is 5.32 Å². The van der Waals surface area contributed by atoms with Gasteiger partial charge in [0, 0.05) is 40.5 Å². The average Bonchev–Trinajstić information content (AvgIpc) is 3.80. The van der Waals surface area contributed by atoms with Crippen molar-refractivity contribution in [3.05, 3.63) is 120 Å². The summed E-state index contributed by atoms with van der Waals surface area (Å²) in [5.74, 6) is 1.49. The molecule has 3 aliphatic rings. The summed E-state index contributed by atoms with van der Waals surface area (Å²) in [5.41, 5.74) is 5.71. The Bertz CT molecular complexity index is 1610. The fourth-order valence-electron chi connectivity index (χ4n) is 5.83. The molecule has 7 rings (SSSR count). The number of hydrogen-bond acceptors (Lipinski definition) is 4. The molecule has 2 aliphatic heterocycles. The molecule has 2 unspecified atom stereocenters. The molecule has 2 amide bonds. The Morgan fingerprint density at radius 3 is 2.33 bits per heavy atom. The summed E-state index contributed by atoms with van der Waals surface area (Å²) in [7, 11) is 0. The Hall–Kier alpha value is -4.71. The van der Waals surface area contributed by atoms with Crippen molar-refractivity contribution in [2.45, 2.75) is 31.3 Å². The van der Waals surface area contributed by atoms with Crippen LogP contribution in [-0.2, 0) is 0 Å². The highest BCUT2D eigenvalue weighted by atomic mass is 16.2. The molecule has 40 heavy (non-hydrogen) atoms. The molecule has 1 fully saturated rings. The number of anilines is 2. The topological polar surface area (TPSA) is 73.8 Å². The molecule has 198 valence electrons. The van der Waals surface area contributed by atoms with Crippen molar-refractivity contribution >= 4 is 29.0 Å². The number of nitrogens with zero attached hydrogens (tertiary/aromatic N) is 2. The van der Waals surface area contributed by atoms with Crippen molar-refractivity contribution in [2.24, 2.45) is 10.9 Å². The number of amidine groups is 1. The number of nitrogens with one attached hydrogen (secondary N) is 2. The summed E-state index contributed by atoms with van der Waals surface area (Å²) in [6.07, 6.45) is 3.26. The van der Waals surface area contributed by atoms with Crippen LogP contribution in [0.3, 0.4) is 0 Å². The lowest BCUT2D eigenvalue weighted by atomic mass is 9.99. The molecule has 6 heteroatoms. The second-order valence-electron chi connectivity index (χ2n) is 10.7. The highest BCUT2D eigenvalue weighted by Crippen LogP contribution is 2.41. The Labute approximate surface area is 233 Å². The first-order chi connectivity index (χ1) is 19.7. The lowest BCUT2D eigenvalue weighted by molar-refractivity contribution is 0.0985. The van der Waals surface area contributed by atoms with Gasteiger partial charge in [0.05, 0.1) is 12.1 Å². The molecule has 2 N–H and O–H groups in total. The van der Waals surface area contributed by atoms with Crippen LogP contribution >= 0.6 is 0 Å². The van der Waals surface area contributed by atoms with Crippen molar-refractivity contribution in [1.29, 1.82) is 0 Å². The summed E-state index contributed by atoms with van der Waals surface area (Å²) < 4.78 is 0. The summed E-state index contributed by atoms with van der Waals surface area (Å²) in [4.78, 5) is 33.9. The summed E-state index contributed by atoms with van der Waals surface area (Å²) in [6.45, 7) is 0.617. The predicted octanol–water partition coefficient (Wildman–Crippen LogP) is 6.48. The van der Waals surface area contributed by atoms with Gasteiger partial charge in [0.25, 0.3) is 11.8 Å². The van der Waals surface area contributed by atoms with Gasteiger partial charge in [-0.05, 0) is 66.8 Å². The van der Waals surface area contributed by atoms with E-state index >= 15 is 0 Å². The second-order valence-corrected chi connectivity index (χ2v) is 10.7. The Morgan fingerprint density at radius 2 is 1.52 bits per heavy atom. The van der Waals surface area contributed by atoms with Crippen molar-refractivity contribution in [3.63, 3.8) is 0 Å².